The van der Waals surface area contributed by atoms with Gasteiger partial charge in [-0.2, -0.15) is 0 Å². The Hall–Kier alpha value is -0.890. The second-order valence-electron chi connectivity index (χ2n) is 1.78. The van der Waals surface area contributed by atoms with Gasteiger partial charge >= 0.3 is 0 Å². The molecule has 1 rings (SSSR count). The average molecular weight is 160 g/mol. The summed E-state index contributed by atoms with van der Waals surface area (Å²) in [4.78, 5) is 10.4. The molecule has 0 bridgehead atoms. The summed E-state index contributed by atoms with van der Waals surface area (Å²) in [5.74, 6) is -0.373. The van der Waals surface area contributed by atoms with E-state index in [9.17, 15) is 9.18 Å². The standard InChI is InChI=1S/C7H4ClFO/c8-7(10)5-1-3-6(9)4-2-5/h1-4H/i7+1. The van der Waals surface area contributed by atoms with Gasteiger partial charge < -0.3 is 0 Å². The molecule has 0 radical (unpaired) electrons. The Kier molecular flexibility index (Phi) is 2.02. The Labute approximate surface area is 62.4 Å². The van der Waals surface area contributed by atoms with Crippen LogP contribution in [-0.4, -0.2) is 5.24 Å². The Morgan fingerprint density at radius 2 is 1.80 bits per heavy atom. The molecule has 0 spiro atoms. The van der Waals surface area contributed by atoms with Crippen molar-refractivity contribution in [3.63, 3.8) is 0 Å². The molecule has 0 saturated heterocycles. The van der Waals surface area contributed by atoms with Crippen LogP contribution < -0.4 is 0 Å². The molecule has 0 aliphatic rings. The minimum absolute atomic E-state index is 0.308. The van der Waals surface area contributed by atoms with Gasteiger partial charge in [0.2, 0.25) is 0 Å². The predicted molar refractivity (Wildman–Crippen MR) is 36.6 cm³/mol. The van der Waals surface area contributed by atoms with Gasteiger partial charge in [0.25, 0.3) is 5.24 Å². The van der Waals surface area contributed by atoms with Gasteiger partial charge in [0, 0.05) is 5.56 Å². The summed E-state index contributed by atoms with van der Waals surface area (Å²) in [5.41, 5.74) is 0.308. The summed E-state index contributed by atoms with van der Waals surface area (Å²) < 4.78 is 12.2. The minimum atomic E-state index is -0.569. The highest BCUT2D eigenvalue weighted by atomic mass is 35.5. The van der Waals surface area contributed by atoms with Crippen LogP contribution in [0.3, 0.4) is 0 Å². The fourth-order valence-corrected chi connectivity index (χ4v) is 0.707. The van der Waals surface area contributed by atoms with Crippen LogP contribution in [0.4, 0.5) is 4.39 Å². The third-order valence-electron chi connectivity index (χ3n) is 1.07. The highest BCUT2D eigenvalue weighted by Gasteiger charge is 1.99. The molecule has 0 fully saturated rings. The number of halogens is 2. The van der Waals surface area contributed by atoms with Crippen LogP contribution >= 0.6 is 11.6 Å². The van der Waals surface area contributed by atoms with Crippen LogP contribution in [0.2, 0.25) is 0 Å². The van der Waals surface area contributed by atoms with Crippen LogP contribution in [0.15, 0.2) is 24.3 Å². The van der Waals surface area contributed by atoms with E-state index in [2.05, 4.69) is 0 Å². The fourth-order valence-electron chi connectivity index (χ4n) is 0.581. The van der Waals surface area contributed by atoms with Crippen LogP contribution in [0.1, 0.15) is 10.4 Å². The number of hydrogen-bond acceptors (Lipinski definition) is 1. The van der Waals surface area contributed by atoms with Crippen LogP contribution in [0.25, 0.3) is 0 Å². The van der Waals surface area contributed by atoms with Gasteiger partial charge in [0.15, 0.2) is 0 Å². The first-order valence-corrected chi connectivity index (χ1v) is 3.03. The fraction of sp³-hybridized carbons (Fsp3) is 0. The Morgan fingerprint density at radius 1 is 1.30 bits per heavy atom. The molecule has 3 heteroatoms. The third kappa shape index (κ3) is 1.54. The first-order valence-electron chi connectivity index (χ1n) is 2.65. The highest BCUT2D eigenvalue weighted by molar-refractivity contribution is 6.67. The van der Waals surface area contributed by atoms with E-state index in [0.717, 1.165) is 0 Å². The molecule has 0 heterocycles. The van der Waals surface area contributed by atoms with Crippen molar-refractivity contribution >= 4 is 16.8 Å². The van der Waals surface area contributed by atoms with E-state index in [1.54, 1.807) is 0 Å². The lowest BCUT2D eigenvalue weighted by atomic mass is 10.3. The summed E-state index contributed by atoms with van der Waals surface area (Å²) in [7, 11) is 0. The molecule has 0 aliphatic carbocycles. The van der Waals surface area contributed by atoms with E-state index in [1.807, 2.05) is 0 Å². The van der Waals surface area contributed by atoms with Crippen molar-refractivity contribution in [3.05, 3.63) is 35.6 Å². The summed E-state index contributed by atoms with van der Waals surface area (Å²) in [6.07, 6.45) is 0. The van der Waals surface area contributed by atoms with Gasteiger partial charge in [-0.3, -0.25) is 4.79 Å². The molecule has 0 N–H and O–H groups in total. The SMILES string of the molecule is O=[13C](Cl)c1ccc(F)cc1. The number of carbonyl (C=O) groups excluding carboxylic acids is 1. The van der Waals surface area contributed by atoms with Gasteiger partial charge in [-0.15, -0.1) is 0 Å². The smallest absolute Gasteiger partial charge is 0.252 e. The van der Waals surface area contributed by atoms with E-state index in [4.69, 9.17) is 11.6 Å². The lowest BCUT2D eigenvalue weighted by Crippen LogP contribution is -1.87. The maximum atomic E-state index is 12.2. The molecule has 0 aromatic heterocycles. The molecular weight excluding hydrogens is 156 g/mol. The first kappa shape index (κ1) is 7.22. The summed E-state index contributed by atoms with van der Waals surface area (Å²) in [6.45, 7) is 0. The van der Waals surface area contributed by atoms with E-state index < -0.39 is 5.24 Å². The van der Waals surface area contributed by atoms with E-state index in [0.29, 0.717) is 5.56 Å². The lowest BCUT2D eigenvalue weighted by molar-refractivity contribution is 0.108. The minimum Gasteiger partial charge on any atom is -0.276 e. The van der Waals surface area contributed by atoms with Crippen molar-refractivity contribution < 1.29 is 9.18 Å². The Morgan fingerprint density at radius 3 is 2.20 bits per heavy atom. The van der Waals surface area contributed by atoms with Gasteiger partial charge in [0.1, 0.15) is 5.82 Å². The lowest BCUT2D eigenvalue weighted by Gasteiger charge is -1.90. The molecule has 0 aliphatic heterocycles. The van der Waals surface area contributed by atoms with Gasteiger partial charge in [-0.1, -0.05) is 0 Å². The number of rotatable bonds is 1. The summed E-state index contributed by atoms with van der Waals surface area (Å²) in [5, 5.41) is -0.569. The second kappa shape index (κ2) is 2.80. The van der Waals surface area contributed by atoms with Crippen molar-refractivity contribution in [1.29, 1.82) is 0 Å². The Balaban J connectivity index is 3.00. The maximum Gasteiger partial charge on any atom is 0.252 e. The zero-order valence-corrected chi connectivity index (χ0v) is 5.73. The van der Waals surface area contributed by atoms with Crippen molar-refractivity contribution in [3.8, 4) is 0 Å². The molecule has 0 unspecified atom stereocenters. The molecule has 1 aromatic rings. The first-order chi connectivity index (χ1) is 4.70. The summed E-state index contributed by atoms with van der Waals surface area (Å²) >= 11 is 5.09. The topological polar surface area (TPSA) is 17.1 Å². The monoisotopic (exact) mass is 159 g/mol. The van der Waals surface area contributed by atoms with Crippen molar-refractivity contribution in [2.24, 2.45) is 0 Å². The van der Waals surface area contributed by atoms with Crippen LogP contribution in [0, 0.1) is 5.82 Å². The molecule has 1 aromatic carbocycles. The third-order valence-corrected chi connectivity index (χ3v) is 1.29. The van der Waals surface area contributed by atoms with Gasteiger partial charge in [-0.05, 0) is 35.9 Å². The molecule has 52 valence electrons. The Bertz CT molecular complexity index is 242. The zero-order valence-electron chi connectivity index (χ0n) is 4.97. The second-order valence-corrected chi connectivity index (χ2v) is 2.12. The number of hydrogen-bond donors (Lipinski definition) is 0. The van der Waals surface area contributed by atoms with E-state index in [1.165, 1.54) is 24.3 Å². The van der Waals surface area contributed by atoms with Crippen LogP contribution in [0.5, 0.6) is 0 Å². The van der Waals surface area contributed by atoms with Crippen molar-refractivity contribution in [2.45, 2.75) is 0 Å². The number of benzene rings is 1. The molecule has 0 atom stereocenters. The maximum absolute atomic E-state index is 12.2. The van der Waals surface area contributed by atoms with Crippen molar-refractivity contribution in [1.82, 2.24) is 0 Å². The van der Waals surface area contributed by atoms with Gasteiger partial charge in [-0.25, -0.2) is 4.39 Å². The van der Waals surface area contributed by atoms with Crippen molar-refractivity contribution in [2.75, 3.05) is 0 Å². The zero-order chi connectivity index (χ0) is 7.56. The predicted octanol–water partition coefficient (Wildman–Crippen LogP) is 2.20. The molecule has 1 nitrogen and oxygen atoms in total. The van der Waals surface area contributed by atoms with Gasteiger partial charge in [0.05, 0.1) is 0 Å². The van der Waals surface area contributed by atoms with Crippen LogP contribution in [-0.2, 0) is 0 Å². The van der Waals surface area contributed by atoms with E-state index in [-0.39, 0.29) is 5.82 Å². The van der Waals surface area contributed by atoms with E-state index >= 15 is 0 Å². The average Bonchev–Trinajstić information content (AvgIpc) is 1.88. The molecular formula is C7H4ClFO. The normalized spacial score (nSPS) is 9.40. The number of carbonyl (C=O) groups is 1. The molecule has 10 heavy (non-hydrogen) atoms. The highest BCUT2D eigenvalue weighted by Crippen LogP contribution is 2.04. The summed E-state index contributed by atoms with van der Waals surface area (Å²) in [6, 6.07) is 5.06. The largest absolute Gasteiger partial charge is 0.276 e. The quantitative estimate of drug-likeness (QED) is 0.454. The molecule has 0 saturated carbocycles. The molecule has 0 amide bonds.